The Morgan fingerprint density at radius 1 is 1.18 bits per heavy atom. The fraction of sp³-hybridized carbons (Fsp3) is 0.526. The number of ether oxygens (including phenoxy) is 1. The molecule has 2 fully saturated rings. The van der Waals surface area contributed by atoms with E-state index in [-0.39, 0.29) is 11.8 Å². The minimum Gasteiger partial charge on any atom is -0.381 e. The Kier molecular flexibility index (Phi) is 6.03. The summed E-state index contributed by atoms with van der Waals surface area (Å²) in [7, 11) is 0. The topological polar surface area (TPSA) is 114 Å². The molecule has 1 atom stereocenters. The van der Waals surface area contributed by atoms with Gasteiger partial charge in [0.05, 0.1) is 17.8 Å². The van der Waals surface area contributed by atoms with Crippen LogP contribution in [0.5, 0.6) is 0 Å². The average Bonchev–Trinajstić information content (AvgIpc) is 3.29. The second-order valence-electron chi connectivity index (χ2n) is 7.23. The van der Waals surface area contributed by atoms with E-state index < -0.39 is 0 Å². The van der Waals surface area contributed by atoms with E-state index in [0.29, 0.717) is 29.8 Å². The standard InChI is InChI=1S/C19H25N7O2/c27-19(14-1-4-20-10-14)25-17-8-16(22-12-23-17)15-7-18(26-24-11-15)21-9-13-2-5-28-6-3-13/h7-8,11-14,20H,1-6,9-10H2,(H,21,26)(H,22,23,25,27). The second kappa shape index (κ2) is 9.03. The molecule has 3 N–H and O–H groups in total. The van der Waals surface area contributed by atoms with E-state index in [1.807, 2.05) is 6.07 Å². The van der Waals surface area contributed by atoms with Gasteiger partial charge in [-0.15, -0.1) is 5.10 Å². The lowest BCUT2D eigenvalue weighted by atomic mass is 10.0. The first-order chi connectivity index (χ1) is 13.8. The molecule has 4 rings (SSSR count). The molecular formula is C19H25N7O2. The van der Waals surface area contributed by atoms with Gasteiger partial charge in [-0.25, -0.2) is 9.97 Å². The SMILES string of the molecule is O=C(Nc1cc(-c2cnnc(NCC3CCOCC3)c2)ncn1)C1CCNC1. The maximum Gasteiger partial charge on any atom is 0.229 e. The lowest BCUT2D eigenvalue weighted by Crippen LogP contribution is -2.25. The first-order valence-corrected chi connectivity index (χ1v) is 9.76. The maximum atomic E-state index is 12.3. The van der Waals surface area contributed by atoms with Crippen molar-refractivity contribution in [3.8, 4) is 11.3 Å². The Morgan fingerprint density at radius 2 is 2.07 bits per heavy atom. The summed E-state index contributed by atoms with van der Waals surface area (Å²) in [4.78, 5) is 20.8. The molecule has 148 valence electrons. The van der Waals surface area contributed by atoms with E-state index in [9.17, 15) is 4.79 Å². The van der Waals surface area contributed by atoms with E-state index in [1.165, 1.54) is 6.33 Å². The molecule has 1 unspecified atom stereocenters. The van der Waals surface area contributed by atoms with Crippen molar-refractivity contribution in [2.24, 2.45) is 11.8 Å². The minimum atomic E-state index is -0.0127. The van der Waals surface area contributed by atoms with E-state index in [2.05, 4.69) is 36.1 Å². The highest BCUT2D eigenvalue weighted by Gasteiger charge is 2.22. The van der Waals surface area contributed by atoms with Crippen LogP contribution in [0.4, 0.5) is 11.6 Å². The van der Waals surface area contributed by atoms with Gasteiger partial charge < -0.3 is 20.7 Å². The molecule has 9 heteroatoms. The predicted molar refractivity (Wildman–Crippen MR) is 105 cm³/mol. The zero-order chi connectivity index (χ0) is 19.2. The summed E-state index contributed by atoms with van der Waals surface area (Å²) in [5.41, 5.74) is 1.52. The van der Waals surface area contributed by atoms with Crippen LogP contribution in [0.1, 0.15) is 19.3 Å². The lowest BCUT2D eigenvalue weighted by Gasteiger charge is -2.22. The van der Waals surface area contributed by atoms with Crippen molar-refractivity contribution in [1.29, 1.82) is 0 Å². The molecule has 9 nitrogen and oxygen atoms in total. The summed E-state index contributed by atoms with van der Waals surface area (Å²) < 4.78 is 5.40. The summed E-state index contributed by atoms with van der Waals surface area (Å²) in [5, 5.41) is 17.7. The van der Waals surface area contributed by atoms with Crippen LogP contribution in [0.2, 0.25) is 0 Å². The van der Waals surface area contributed by atoms with E-state index in [0.717, 1.165) is 51.1 Å². The molecule has 0 radical (unpaired) electrons. The lowest BCUT2D eigenvalue weighted by molar-refractivity contribution is -0.119. The fourth-order valence-electron chi connectivity index (χ4n) is 3.48. The van der Waals surface area contributed by atoms with Gasteiger partial charge in [0.25, 0.3) is 0 Å². The van der Waals surface area contributed by atoms with E-state index in [4.69, 9.17) is 4.74 Å². The van der Waals surface area contributed by atoms with Crippen molar-refractivity contribution in [3.63, 3.8) is 0 Å². The summed E-state index contributed by atoms with van der Waals surface area (Å²) in [5.74, 6) is 1.77. The van der Waals surface area contributed by atoms with Gasteiger partial charge in [-0.1, -0.05) is 0 Å². The average molecular weight is 383 g/mol. The summed E-state index contributed by atoms with van der Waals surface area (Å²) >= 11 is 0. The second-order valence-corrected chi connectivity index (χ2v) is 7.23. The first-order valence-electron chi connectivity index (χ1n) is 9.76. The van der Waals surface area contributed by atoms with Crippen molar-refractivity contribution in [3.05, 3.63) is 24.7 Å². The molecular weight excluding hydrogens is 358 g/mol. The zero-order valence-corrected chi connectivity index (χ0v) is 15.7. The molecule has 2 aliphatic rings. The highest BCUT2D eigenvalue weighted by atomic mass is 16.5. The number of hydrogen-bond donors (Lipinski definition) is 3. The Morgan fingerprint density at radius 3 is 2.89 bits per heavy atom. The van der Waals surface area contributed by atoms with Gasteiger partial charge in [-0.05, 0) is 37.8 Å². The van der Waals surface area contributed by atoms with Crippen LogP contribution >= 0.6 is 0 Å². The van der Waals surface area contributed by atoms with Gasteiger partial charge in [0.2, 0.25) is 5.91 Å². The molecule has 0 spiro atoms. The molecule has 2 aliphatic heterocycles. The van der Waals surface area contributed by atoms with Gasteiger partial charge in [-0.3, -0.25) is 4.79 Å². The number of hydrogen-bond acceptors (Lipinski definition) is 8. The van der Waals surface area contributed by atoms with E-state index >= 15 is 0 Å². The molecule has 0 bridgehead atoms. The van der Waals surface area contributed by atoms with Crippen LogP contribution in [0.15, 0.2) is 24.7 Å². The molecule has 4 heterocycles. The highest BCUT2D eigenvalue weighted by molar-refractivity contribution is 5.92. The number of anilines is 2. The van der Waals surface area contributed by atoms with Crippen LogP contribution in [0.3, 0.4) is 0 Å². The molecule has 0 aliphatic carbocycles. The van der Waals surface area contributed by atoms with Crippen molar-refractivity contribution >= 4 is 17.5 Å². The molecule has 2 saturated heterocycles. The number of aromatic nitrogens is 4. The maximum absolute atomic E-state index is 12.3. The third kappa shape index (κ3) is 4.79. The normalized spacial score (nSPS) is 20.1. The minimum absolute atomic E-state index is 0.0120. The summed E-state index contributed by atoms with van der Waals surface area (Å²) in [6, 6.07) is 3.68. The van der Waals surface area contributed by atoms with Crippen molar-refractivity contribution in [2.45, 2.75) is 19.3 Å². The highest BCUT2D eigenvalue weighted by Crippen LogP contribution is 2.21. The van der Waals surface area contributed by atoms with Crippen molar-refractivity contribution < 1.29 is 9.53 Å². The van der Waals surface area contributed by atoms with Crippen LogP contribution < -0.4 is 16.0 Å². The van der Waals surface area contributed by atoms with Gasteiger partial charge in [0, 0.05) is 37.9 Å². The van der Waals surface area contributed by atoms with Gasteiger partial charge in [-0.2, -0.15) is 5.10 Å². The van der Waals surface area contributed by atoms with Crippen LogP contribution in [-0.2, 0) is 9.53 Å². The Bertz CT molecular complexity index is 804. The molecule has 2 aromatic rings. The predicted octanol–water partition coefficient (Wildman–Crippen LogP) is 1.32. The van der Waals surface area contributed by atoms with Crippen molar-refractivity contribution in [1.82, 2.24) is 25.5 Å². The number of rotatable bonds is 6. The number of carbonyl (C=O) groups excluding carboxylic acids is 1. The summed E-state index contributed by atoms with van der Waals surface area (Å²) in [6.07, 6.45) is 6.08. The van der Waals surface area contributed by atoms with Gasteiger partial charge in [0.1, 0.15) is 18.0 Å². The molecule has 28 heavy (non-hydrogen) atoms. The Hall–Kier alpha value is -2.65. The van der Waals surface area contributed by atoms with Gasteiger partial charge >= 0.3 is 0 Å². The quantitative estimate of drug-likeness (QED) is 0.684. The third-order valence-electron chi connectivity index (χ3n) is 5.21. The largest absolute Gasteiger partial charge is 0.381 e. The molecule has 1 amide bonds. The summed E-state index contributed by atoms with van der Waals surface area (Å²) in [6.45, 7) is 4.08. The number of nitrogens with zero attached hydrogens (tertiary/aromatic N) is 4. The smallest absolute Gasteiger partial charge is 0.229 e. The van der Waals surface area contributed by atoms with Crippen LogP contribution in [0.25, 0.3) is 11.3 Å². The monoisotopic (exact) mass is 383 g/mol. The Labute approximate surface area is 163 Å². The van der Waals surface area contributed by atoms with Gasteiger partial charge in [0.15, 0.2) is 0 Å². The Balaban J connectivity index is 1.41. The zero-order valence-electron chi connectivity index (χ0n) is 15.7. The molecule has 0 aromatic carbocycles. The molecule has 0 saturated carbocycles. The molecule has 2 aromatic heterocycles. The number of carbonyl (C=O) groups is 1. The third-order valence-corrected chi connectivity index (χ3v) is 5.21. The number of nitrogens with one attached hydrogen (secondary N) is 3. The van der Waals surface area contributed by atoms with Crippen molar-refractivity contribution in [2.75, 3.05) is 43.5 Å². The fourth-order valence-corrected chi connectivity index (χ4v) is 3.48. The van der Waals surface area contributed by atoms with Crippen LogP contribution in [-0.4, -0.2) is 58.9 Å². The van der Waals surface area contributed by atoms with Crippen LogP contribution in [0, 0.1) is 11.8 Å². The first kappa shape index (κ1) is 18.7. The van der Waals surface area contributed by atoms with E-state index in [1.54, 1.807) is 12.3 Å². The number of amides is 1.